The summed E-state index contributed by atoms with van der Waals surface area (Å²) in [6.45, 7) is 0. The van der Waals surface area contributed by atoms with Gasteiger partial charge in [-0.3, -0.25) is 0 Å². The van der Waals surface area contributed by atoms with Crippen LogP contribution in [0.4, 0.5) is 13.2 Å². The maximum Gasteiger partial charge on any atom is 0.416 e. The third-order valence-electron chi connectivity index (χ3n) is 9.45. The van der Waals surface area contributed by atoms with E-state index in [9.17, 15) is 30.0 Å². The van der Waals surface area contributed by atoms with Gasteiger partial charge in [0.25, 0.3) is 0 Å². The SMILES string of the molecule is O=S(=O)(c1ccccc1)[C@@H]1[C@H]2C(=Cc3ccc(C(F)(F)F)cc3)[C@@H](C3=C2[C@H]2CC[C@H]3C2)[C@@H]1S(=O)(=O)c1ccccc1. The van der Waals surface area contributed by atoms with Crippen LogP contribution in [0.5, 0.6) is 0 Å². The lowest BCUT2D eigenvalue weighted by Crippen LogP contribution is -2.45. The van der Waals surface area contributed by atoms with E-state index in [0.717, 1.165) is 42.5 Å². The molecule has 0 aliphatic heterocycles. The molecule has 2 saturated carbocycles. The fourth-order valence-electron chi connectivity index (χ4n) is 7.94. The summed E-state index contributed by atoms with van der Waals surface area (Å²) >= 11 is 0. The van der Waals surface area contributed by atoms with Crippen molar-refractivity contribution < 1.29 is 30.0 Å². The molecule has 9 heteroatoms. The third-order valence-corrected chi connectivity index (χ3v) is 14.0. The first-order valence-corrected chi connectivity index (χ1v) is 16.8. The Kier molecular flexibility index (Phi) is 5.97. The van der Waals surface area contributed by atoms with E-state index in [1.165, 1.54) is 36.4 Å². The number of benzene rings is 3. The Balaban J connectivity index is 1.45. The number of hydrogen-bond acceptors (Lipinski definition) is 4. The number of halogens is 3. The lowest BCUT2D eigenvalue weighted by Gasteiger charge is -2.35. The van der Waals surface area contributed by atoms with Gasteiger partial charge in [-0.05, 0) is 73.1 Å². The molecule has 0 unspecified atom stereocenters. The summed E-state index contributed by atoms with van der Waals surface area (Å²) in [5.74, 6) is -0.868. The topological polar surface area (TPSA) is 68.3 Å². The molecule has 3 aromatic carbocycles. The third kappa shape index (κ3) is 3.99. The number of sulfone groups is 2. The minimum Gasteiger partial charge on any atom is -0.223 e. The quantitative estimate of drug-likeness (QED) is 0.241. The van der Waals surface area contributed by atoms with Crippen molar-refractivity contribution >= 4 is 25.8 Å². The van der Waals surface area contributed by atoms with E-state index < -0.39 is 53.7 Å². The first-order valence-electron chi connectivity index (χ1n) is 13.7. The van der Waals surface area contributed by atoms with E-state index in [0.29, 0.717) is 11.1 Å². The van der Waals surface area contributed by atoms with Gasteiger partial charge in [-0.2, -0.15) is 13.2 Å². The van der Waals surface area contributed by atoms with Crippen LogP contribution in [0.3, 0.4) is 0 Å². The highest BCUT2D eigenvalue weighted by Gasteiger charge is 2.67. The maximum absolute atomic E-state index is 14.4. The minimum absolute atomic E-state index is 0.0741. The number of alkyl halides is 3. The molecule has 4 nitrogen and oxygen atoms in total. The van der Waals surface area contributed by atoms with Crippen molar-refractivity contribution in [2.75, 3.05) is 0 Å². The molecule has 0 aromatic heterocycles. The van der Waals surface area contributed by atoms with Crippen molar-refractivity contribution in [3.8, 4) is 0 Å². The molecule has 0 spiro atoms. The van der Waals surface area contributed by atoms with Gasteiger partial charge in [0, 0.05) is 11.8 Å². The molecule has 2 fully saturated rings. The van der Waals surface area contributed by atoms with Crippen molar-refractivity contribution in [3.05, 3.63) is 113 Å². The summed E-state index contributed by atoms with van der Waals surface area (Å²) in [4.78, 5) is 0.148. The predicted octanol–water partition coefficient (Wildman–Crippen LogP) is 6.76. The van der Waals surface area contributed by atoms with Crippen LogP contribution in [-0.4, -0.2) is 27.3 Å². The van der Waals surface area contributed by atoms with Crippen LogP contribution in [0.1, 0.15) is 30.4 Å². The lowest BCUT2D eigenvalue weighted by atomic mass is 9.82. The zero-order valence-electron chi connectivity index (χ0n) is 21.8. The molecule has 4 bridgehead atoms. The molecule has 4 aliphatic rings. The first-order chi connectivity index (χ1) is 19.5. The zero-order chi connectivity index (χ0) is 28.7. The molecule has 0 heterocycles. The lowest BCUT2D eigenvalue weighted by molar-refractivity contribution is -0.137. The fraction of sp³-hybridized carbons (Fsp3) is 0.312. The largest absolute Gasteiger partial charge is 0.416 e. The van der Waals surface area contributed by atoms with Crippen LogP contribution in [0.15, 0.2) is 111 Å². The predicted molar refractivity (Wildman–Crippen MR) is 149 cm³/mol. The Morgan fingerprint density at radius 1 is 0.634 bits per heavy atom. The highest BCUT2D eigenvalue weighted by molar-refractivity contribution is 7.96. The second-order valence-corrected chi connectivity index (χ2v) is 15.7. The van der Waals surface area contributed by atoms with Crippen LogP contribution in [0.25, 0.3) is 6.08 Å². The van der Waals surface area contributed by atoms with Gasteiger partial charge in [0.05, 0.1) is 25.9 Å². The molecule has 0 radical (unpaired) electrons. The Morgan fingerprint density at radius 2 is 1.07 bits per heavy atom. The van der Waals surface area contributed by atoms with Crippen molar-refractivity contribution in [2.45, 2.75) is 45.7 Å². The summed E-state index contributed by atoms with van der Waals surface area (Å²) < 4.78 is 97.4. The summed E-state index contributed by atoms with van der Waals surface area (Å²) in [5, 5.41) is -2.47. The summed E-state index contributed by atoms with van der Waals surface area (Å²) in [6, 6.07) is 20.7. The van der Waals surface area contributed by atoms with Crippen LogP contribution in [0, 0.1) is 23.7 Å². The van der Waals surface area contributed by atoms with Gasteiger partial charge in [0.1, 0.15) is 0 Å². The average Bonchev–Trinajstić information content (AvgIpc) is 3.73. The normalized spacial score (nSPS) is 29.9. The molecule has 0 N–H and O–H groups in total. The van der Waals surface area contributed by atoms with E-state index in [1.807, 2.05) is 0 Å². The number of fused-ring (bicyclic) bond motifs is 8. The van der Waals surface area contributed by atoms with Gasteiger partial charge in [0.2, 0.25) is 0 Å². The molecule has 212 valence electrons. The summed E-state index contributed by atoms with van der Waals surface area (Å²) in [5.41, 5.74) is 2.54. The monoisotopic (exact) mass is 596 g/mol. The maximum atomic E-state index is 14.4. The molecule has 7 rings (SSSR count). The molecule has 0 saturated heterocycles. The van der Waals surface area contributed by atoms with Crippen molar-refractivity contribution in [1.82, 2.24) is 0 Å². The number of allylic oxidation sites excluding steroid dienone is 3. The van der Waals surface area contributed by atoms with Gasteiger partial charge in [-0.25, -0.2) is 16.8 Å². The summed E-state index contributed by atoms with van der Waals surface area (Å²) in [6.07, 6.45) is 0.0510. The molecule has 4 aliphatic carbocycles. The molecule has 0 amide bonds. The van der Waals surface area contributed by atoms with Crippen LogP contribution >= 0.6 is 0 Å². The smallest absolute Gasteiger partial charge is 0.223 e. The minimum atomic E-state index is -4.48. The summed E-state index contributed by atoms with van der Waals surface area (Å²) in [7, 11) is -8.24. The van der Waals surface area contributed by atoms with Gasteiger partial charge in [-0.1, -0.05) is 71.3 Å². The highest BCUT2D eigenvalue weighted by Crippen LogP contribution is 2.68. The van der Waals surface area contributed by atoms with Crippen molar-refractivity contribution in [1.29, 1.82) is 0 Å². The van der Waals surface area contributed by atoms with Crippen molar-refractivity contribution in [3.63, 3.8) is 0 Å². The molecule has 41 heavy (non-hydrogen) atoms. The molecule has 6 atom stereocenters. The van der Waals surface area contributed by atoms with Gasteiger partial charge < -0.3 is 0 Å². The Morgan fingerprint density at radius 3 is 1.49 bits per heavy atom. The van der Waals surface area contributed by atoms with Gasteiger partial charge >= 0.3 is 6.18 Å². The number of hydrogen-bond donors (Lipinski definition) is 0. The van der Waals surface area contributed by atoms with E-state index >= 15 is 0 Å². The van der Waals surface area contributed by atoms with E-state index in [-0.39, 0.29) is 21.6 Å². The number of rotatable bonds is 5. The first kappa shape index (κ1) is 26.7. The van der Waals surface area contributed by atoms with Gasteiger partial charge in [-0.15, -0.1) is 0 Å². The molecular formula is C32H27F3O4S2. The Labute approximate surface area is 237 Å². The molecule has 3 aromatic rings. The van der Waals surface area contributed by atoms with Gasteiger partial charge in [0.15, 0.2) is 19.7 Å². The zero-order valence-corrected chi connectivity index (χ0v) is 23.5. The van der Waals surface area contributed by atoms with Crippen LogP contribution in [-0.2, 0) is 25.9 Å². The van der Waals surface area contributed by atoms with E-state index in [2.05, 4.69) is 0 Å². The van der Waals surface area contributed by atoms with E-state index in [4.69, 9.17) is 0 Å². The second-order valence-electron chi connectivity index (χ2n) is 11.5. The standard InChI is InChI=1S/C32H27F3O4S2/c33-32(34,35)22-15-11-19(12-16-22)17-25-28-26-20-13-14-21(18-20)27(26)29(25)31(41(38,39)24-9-5-2-6-10-24)30(28)40(36,37)23-7-3-1-4-8-23/h1-12,15-17,20-21,28-31H,13-14,18H2/t20-,21-,28-,29-,30-,31+/m0/s1. The Hall–Kier alpha value is -3.17. The average molecular weight is 597 g/mol. The van der Waals surface area contributed by atoms with Crippen LogP contribution in [0.2, 0.25) is 0 Å². The second kappa shape index (κ2) is 9.16. The van der Waals surface area contributed by atoms with E-state index in [1.54, 1.807) is 42.5 Å². The van der Waals surface area contributed by atoms with Crippen LogP contribution < -0.4 is 0 Å². The Bertz CT molecular complexity index is 1690. The van der Waals surface area contributed by atoms with Crippen molar-refractivity contribution in [2.24, 2.45) is 23.7 Å². The molecular weight excluding hydrogens is 569 g/mol. The highest BCUT2D eigenvalue weighted by atomic mass is 32.2. The fourth-order valence-corrected chi connectivity index (χ4v) is 12.9.